The molecule has 1 N–H and O–H groups in total. The molecule has 0 spiro atoms. The number of amides is 1. The zero-order valence-corrected chi connectivity index (χ0v) is 11.5. The van der Waals surface area contributed by atoms with Gasteiger partial charge < -0.3 is 5.32 Å². The predicted octanol–water partition coefficient (Wildman–Crippen LogP) is 3.68. The molecule has 1 amide bonds. The van der Waals surface area contributed by atoms with Crippen molar-refractivity contribution in [2.75, 3.05) is 6.54 Å². The van der Waals surface area contributed by atoms with Crippen LogP contribution in [0.15, 0.2) is 15.9 Å². The van der Waals surface area contributed by atoms with E-state index in [0.717, 1.165) is 28.0 Å². The van der Waals surface area contributed by atoms with E-state index in [-0.39, 0.29) is 5.91 Å². The van der Waals surface area contributed by atoms with Crippen molar-refractivity contribution in [3.63, 3.8) is 0 Å². The van der Waals surface area contributed by atoms with E-state index in [4.69, 9.17) is 0 Å². The molecule has 0 radical (unpaired) electrons. The Labute approximate surface area is 103 Å². The first-order chi connectivity index (χ1) is 7.17. The lowest BCUT2D eigenvalue weighted by Crippen LogP contribution is -2.28. The SMILES string of the molecule is CCC(CC)CNC(=O)c1ccc(Br)s1. The average Bonchev–Trinajstić information content (AvgIpc) is 2.66. The van der Waals surface area contributed by atoms with Gasteiger partial charge in [-0.05, 0) is 34.0 Å². The fraction of sp³-hybridized carbons (Fsp3) is 0.545. The summed E-state index contributed by atoms with van der Waals surface area (Å²) in [4.78, 5) is 12.4. The van der Waals surface area contributed by atoms with E-state index in [1.807, 2.05) is 12.1 Å². The van der Waals surface area contributed by atoms with E-state index >= 15 is 0 Å². The minimum Gasteiger partial charge on any atom is -0.351 e. The maximum atomic E-state index is 11.7. The molecule has 0 saturated heterocycles. The van der Waals surface area contributed by atoms with Crippen molar-refractivity contribution >= 4 is 33.2 Å². The second-order valence-electron chi connectivity index (χ2n) is 3.50. The Bertz CT molecular complexity index is 320. The number of rotatable bonds is 5. The van der Waals surface area contributed by atoms with Crippen LogP contribution in [0.1, 0.15) is 36.4 Å². The van der Waals surface area contributed by atoms with Gasteiger partial charge in [0.2, 0.25) is 0 Å². The van der Waals surface area contributed by atoms with Crippen molar-refractivity contribution < 1.29 is 4.79 Å². The standard InChI is InChI=1S/C11H16BrNOS/c1-3-8(4-2)7-13-11(14)9-5-6-10(12)15-9/h5-6,8H,3-4,7H2,1-2H3,(H,13,14). The molecular weight excluding hydrogens is 274 g/mol. The Morgan fingerprint density at radius 2 is 2.13 bits per heavy atom. The molecule has 2 nitrogen and oxygen atoms in total. The van der Waals surface area contributed by atoms with E-state index in [1.165, 1.54) is 11.3 Å². The summed E-state index contributed by atoms with van der Waals surface area (Å²) in [7, 11) is 0. The monoisotopic (exact) mass is 289 g/mol. The lowest BCUT2D eigenvalue weighted by atomic mass is 10.0. The molecule has 1 aromatic rings. The average molecular weight is 290 g/mol. The Balaban J connectivity index is 2.42. The van der Waals surface area contributed by atoms with Crippen LogP contribution in [0.25, 0.3) is 0 Å². The van der Waals surface area contributed by atoms with Gasteiger partial charge in [-0.3, -0.25) is 4.79 Å². The molecule has 0 atom stereocenters. The third-order valence-electron chi connectivity index (χ3n) is 2.50. The summed E-state index contributed by atoms with van der Waals surface area (Å²) in [6.45, 7) is 5.09. The molecule has 0 aromatic carbocycles. The van der Waals surface area contributed by atoms with Crippen LogP contribution in [-0.4, -0.2) is 12.5 Å². The zero-order valence-electron chi connectivity index (χ0n) is 9.05. The first-order valence-electron chi connectivity index (χ1n) is 5.20. The van der Waals surface area contributed by atoms with E-state index < -0.39 is 0 Å². The Hall–Kier alpha value is -0.350. The molecule has 15 heavy (non-hydrogen) atoms. The number of thiophene rings is 1. The van der Waals surface area contributed by atoms with Crippen molar-refractivity contribution in [2.24, 2.45) is 5.92 Å². The van der Waals surface area contributed by atoms with Crippen molar-refractivity contribution in [3.8, 4) is 0 Å². The molecule has 0 aliphatic heterocycles. The molecule has 0 fully saturated rings. The lowest BCUT2D eigenvalue weighted by molar-refractivity contribution is 0.0950. The van der Waals surface area contributed by atoms with Gasteiger partial charge in [0.15, 0.2) is 0 Å². The number of carbonyl (C=O) groups excluding carboxylic acids is 1. The first kappa shape index (κ1) is 12.7. The number of hydrogen-bond donors (Lipinski definition) is 1. The summed E-state index contributed by atoms with van der Waals surface area (Å²) in [6, 6.07) is 3.74. The summed E-state index contributed by atoms with van der Waals surface area (Å²) < 4.78 is 0.996. The largest absolute Gasteiger partial charge is 0.351 e. The van der Waals surface area contributed by atoms with Crippen LogP contribution in [0.4, 0.5) is 0 Å². The van der Waals surface area contributed by atoms with Crippen LogP contribution in [0.5, 0.6) is 0 Å². The van der Waals surface area contributed by atoms with E-state index in [0.29, 0.717) is 5.92 Å². The molecule has 0 aliphatic rings. The van der Waals surface area contributed by atoms with Crippen molar-refractivity contribution in [2.45, 2.75) is 26.7 Å². The summed E-state index contributed by atoms with van der Waals surface area (Å²) in [6.07, 6.45) is 2.23. The Morgan fingerprint density at radius 1 is 1.47 bits per heavy atom. The Kier molecular flexibility index (Phi) is 5.32. The smallest absolute Gasteiger partial charge is 0.261 e. The lowest BCUT2D eigenvalue weighted by Gasteiger charge is -2.12. The molecule has 1 aromatic heterocycles. The number of hydrogen-bond acceptors (Lipinski definition) is 2. The van der Waals surface area contributed by atoms with Crippen LogP contribution in [-0.2, 0) is 0 Å². The van der Waals surface area contributed by atoms with E-state index in [9.17, 15) is 4.79 Å². The predicted molar refractivity (Wildman–Crippen MR) is 68.4 cm³/mol. The third-order valence-corrected chi connectivity index (χ3v) is 4.13. The normalized spacial score (nSPS) is 10.7. The summed E-state index contributed by atoms with van der Waals surface area (Å²) >= 11 is 4.81. The summed E-state index contributed by atoms with van der Waals surface area (Å²) in [5, 5.41) is 2.96. The fourth-order valence-corrected chi connectivity index (χ4v) is 2.64. The molecule has 1 rings (SSSR count). The number of halogens is 1. The van der Waals surface area contributed by atoms with E-state index in [2.05, 4.69) is 35.1 Å². The second kappa shape index (κ2) is 6.28. The molecule has 0 saturated carbocycles. The minimum atomic E-state index is 0.0394. The highest BCUT2D eigenvalue weighted by Crippen LogP contribution is 2.21. The van der Waals surface area contributed by atoms with Gasteiger partial charge in [-0.2, -0.15) is 0 Å². The number of nitrogens with one attached hydrogen (secondary N) is 1. The van der Waals surface area contributed by atoms with Gasteiger partial charge in [-0.25, -0.2) is 0 Å². The number of carbonyl (C=O) groups is 1. The van der Waals surface area contributed by atoms with Gasteiger partial charge in [0.1, 0.15) is 0 Å². The van der Waals surface area contributed by atoms with Crippen LogP contribution in [0, 0.1) is 5.92 Å². The molecule has 0 unspecified atom stereocenters. The Morgan fingerprint density at radius 3 is 2.60 bits per heavy atom. The maximum Gasteiger partial charge on any atom is 0.261 e. The molecule has 1 heterocycles. The maximum absolute atomic E-state index is 11.7. The van der Waals surface area contributed by atoms with Crippen molar-refractivity contribution in [1.29, 1.82) is 0 Å². The second-order valence-corrected chi connectivity index (χ2v) is 5.96. The molecule has 0 bridgehead atoms. The van der Waals surface area contributed by atoms with Gasteiger partial charge in [0.05, 0.1) is 8.66 Å². The highest BCUT2D eigenvalue weighted by molar-refractivity contribution is 9.11. The van der Waals surface area contributed by atoms with Crippen molar-refractivity contribution in [1.82, 2.24) is 5.32 Å². The van der Waals surface area contributed by atoms with Crippen LogP contribution >= 0.6 is 27.3 Å². The fourth-order valence-electron chi connectivity index (χ4n) is 1.34. The van der Waals surface area contributed by atoms with E-state index in [1.54, 1.807) is 0 Å². The summed E-state index contributed by atoms with van der Waals surface area (Å²) in [5.74, 6) is 0.634. The van der Waals surface area contributed by atoms with Gasteiger partial charge in [-0.1, -0.05) is 26.7 Å². The molecular formula is C11H16BrNOS. The quantitative estimate of drug-likeness (QED) is 0.880. The highest BCUT2D eigenvalue weighted by atomic mass is 79.9. The van der Waals surface area contributed by atoms with Crippen molar-refractivity contribution in [3.05, 3.63) is 20.8 Å². The van der Waals surface area contributed by atoms with Gasteiger partial charge >= 0.3 is 0 Å². The molecule has 84 valence electrons. The highest BCUT2D eigenvalue weighted by Gasteiger charge is 2.10. The van der Waals surface area contributed by atoms with Crippen LogP contribution < -0.4 is 5.32 Å². The molecule has 0 aliphatic carbocycles. The third kappa shape index (κ3) is 3.95. The van der Waals surface area contributed by atoms with Crippen LogP contribution in [0.2, 0.25) is 0 Å². The molecule has 4 heteroatoms. The topological polar surface area (TPSA) is 29.1 Å². The van der Waals surface area contributed by atoms with Gasteiger partial charge in [-0.15, -0.1) is 11.3 Å². The van der Waals surface area contributed by atoms with Gasteiger partial charge in [0.25, 0.3) is 5.91 Å². The van der Waals surface area contributed by atoms with Gasteiger partial charge in [0, 0.05) is 6.54 Å². The first-order valence-corrected chi connectivity index (χ1v) is 6.81. The zero-order chi connectivity index (χ0) is 11.3. The summed E-state index contributed by atoms with van der Waals surface area (Å²) in [5.41, 5.74) is 0. The minimum absolute atomic E-state index is 0.0394. The van der Waals surface area contributed by atoms with Crippen LogP contribution in [0.3, 0.4) is 0 Å².